The van der Waals surface area contributed by atoms with E-state index in [1.54, 1.807) is 6.07 Å². The number of hydrogen-bond acceptors (Lipinski definition) is 4. The maximum absolute atomic E-state index is 5.84. The topological polar surface area (TPSA) is 46.3 Å². The average Bonchev–Trinajstić information content (AvgIpc) is 2.46. The summed E-state index contributed by atoms with van der Waals surface area (Å²) >= 11 is 5.84. The number of aromatic nitrogens is 4. The number of rotatable bonds is 2. The summed E-state index contributed by atoms with van der Waals surface area (Å²) in [4.78, 5) is 6.20. The van der Waals surface area contributed by atoms with Crippen LogP contribution < -0.4 is 0 Å². The van der Waals surface area contributed by atoms with Crippen LogP contribution in [0.4, 0.5) is 0 Å². The first-order chi connectivity index (χ1) is 7.08. The van der Waals surface area contributed by atoms with E-state index in [1.807, 2.05) is 30.3 Å². The van der Waals surface area contributed by atoms with Crippen molar-refractivity contribution in [3.8, 4) is 0 Å². The molecule has 0 N–H and O–H groups in total. The summed E-state index contributed by atoms with van der Waals surface area (Å²) in [5, 5.41) is 8.61. The lowest BCUT2D eigenvalue weighted by molar-refractivity contribution is 0.388. The number of fused-ring (bicyclic) bond motifs is 1. The molecule has 15 heavy (non-hydrogen) atoms. The normalized spacial score (nSPS) is 11.5. The van der Waals surface area contributed by atoms with Crippen LogP contribution in [0.1, 0.15) is 11.6 Å². The van der Waals surface area contributed by atoms with Crippen molar-refractivity contribution in [3.05, 3.63) is 22.9 Å². The molecule has 0 aliphatic carbocycles. The Balaban J connectivity index is 2.58. The van der Waals surface area contributed by atoms with Gasteiger partial charge < -0.3 is 4.90 Å². The summed E-state index contributed by atoms with van der Waals surface area (Å²) in [6.45, 7) is 2.62. The Hall–Kier alpha value is -1.20. The minimum absolute atomic E-state index is 0.448. The molecule has 80 valence electrons. The van der Waals surface area contributed by atoms with Gasteiger partial charge in [0.25, 0.3) is 0 Å². The monoisotopic (exact) mass is 225 g/mol. The summed E-state index contributed by atoms with van der Waals surface area (Å²) in [5.41, 5.74) is 0.740. The summed E-state index contributed by atoms with van der Waals surface area (Å²) < 4.78 is 1.91. The lowest BCUT2D eigenvalue weighted by Gasteiger charge is -2.08. The van der Waals surface area contributed by atoms with Crippen LogP contribution in [0.2, 0.25) is 5.15 Å². The van der Waals surface area contributed by atoms with Crippen molar-refractivity contribution in [2.75, 3.05) is 14.1 Å². The first-order valence-electron chi connectivity index (χ1n) is 4.60. The van der Waals surface area contributed by atoms with Crippen LogP contribution in [0.3, 0.4) is 0 Å². The summed E-state index contributed by atoms with van der Waals surface area (Å²) in [6, 6.07) is 1.71. The number of hydrogen-bond donors (Lipinski definition) is 0. The highest BCUT2D eigenvalue weighted by atomic mass is 35.5. The third kappa shape index (κ3) is 1.93. The van der Waals surface area contributed by atoms with Gasteiger partial charge in [0.05, 0.1) is 6.54 Å². The van der Waals surface area contributed by atoms with Crippen LogP contribution in [-0.4, -0.2) is 38.6 Å². The molecular weight excluding hydrogens is 214 g/mol. The Morgan fingerprint density at radius 3 is 2.80 bits per heavy atom. The molecule has 0 unspecified atom stereocenters. The highest BCUT2D eigenvalue weighted by molar-refractivity contribution is 6.29. The SMILES string of the molecule is Cc1nc(Cl)cc2nnc(CN(C)C)n12. The molecule has 0 aliphatic heterocycles. The molecule has 0 atom stereocenters. The molecule has 5 nitrogen and oxygen atoms in total. The maximum Gasteiger partial charge on any atom is 0.165 e. The molecule has 0 radical (unpaired) electrons. The quantitative estimate of drug-likeness (QED) is 0.720. The van der Waals surface area contributed by atoms with Crippen molar-refractivity contribution in [2.24, 2.45) is 0 Å². The van der Waals surface area contributed by atoms with E-state index in [-0.39, 0.29) is 0 Å². The van der Waals surface area contributed by atoms with Crippen molar-refractivity contribution in [3.63, 3.8) is 0 Å². The summed E-state index contributed by atoms with van der Waals surface area (Å²) in [6.07, 6.45) is 0. The zero-order valence-electron chi connectivity index (χ0n) is 8.90. The lowest BCUT2D eigenvalue weighted by atomic mass is 10.5. The van der Waals surface area contributed by atoms with Gasteiger partial charge in [-0.15, -0.1) is 10.2 Å². The minimum Gasteiger partial charge on any atom is -0.302 e. The molecule has 0 amide bonds. The second kappa shape index (κ2) is 3.75. The van der Waals surface area contributed by atoms with Crippen LogP contribution in [0.25, 0.3) is 5.65 Å². The molecule has 2 heterocycles. The van der Waals surface area contributed by atoms with E-state index in [0.29, 0.717) is 5.15 Å². The molecule has 0 fully saturated rings. The zero-order chi connectivity index (χ0) is 11.0. The minimum atomic E-state index is 0.448. The summed E-state index contributed by atoms with van der Waals surface area (Å²) in [5.74, 6) is 1.68. The van der Waals surface area contributed by atoms with Crippen LogP contribution in [0.5, 0.6) is 0 Å². The van der Waals surface area contributed by atoms with E-state index < -0.39 is 0 Å². The second-order valence-electron chi connectivity index (χ2n) is 3.67. The van der Waals surface area contributed by atoms with E-state index in [1.165, 1.54) is 0 Å². The molecule has 2 rings (SSSR count). The van der Waals surface area contributed by atoms with E-state index in [4.69, 9.17) is 11.6 Å². The van der Waals surface area contributed by atoms with Crippen molar-refractivity contribution in [2.45, 2.75) is 13.5 Å². The van der Waals surface area contributed by atoms with Crippen LogP contribution in [0.15, 0.2) is 6.07 Å². The number of halogens is 1. The highest BCUT2D eigenvalue weighted by Gasteiger charge is 2.09. The molecule has 0 saturated heterocycles. The Bertz CT molecular complexity index is 490. The van der Waals surface area contributed by atoms with Gasteiger partial charge in [-0.2, -0.15) is 0 Å². The standard InChI is InChI=1S/C9H12ClN5/c1-6-11-7(10)4-8-12-13-9(15(6)8)5-14(2)3/h4H,5H2,1-3H3. The fourth-order valence-corrected chi connectivity index (χ4v) is 1.73. The molecule has 0 aliphatic rings. The van der Waals surface area contributed by atoms with Gasteiger partial charge in [0.1, 0.15) is 11.0 Å². The predicted octanol–water partition coefficient (Wildman–Crippen LogP) is 1.15. The fraction of sp³-hybridized carbons (Fsp3) is 0.444. The smallest absolute Gasteiger partial charge is 0.165 e. The molecule has 2 aromatic heterocycles. The van der Waals surface area contributed by atoms with Crippen molar-refractivity contribution < 1.29 is 0 Å². The Labute approximate surface area is 92.7 Å². The average molecular weight is 226 g/mol. The molecule has 6 heteroatoms. The third-order valence-corrected chi connectivity index (χ3v) is 2.25. The third-order valence-electron chi connectivity index (χ3n) is 2.05. The number of nitrogens with zero attached hydrogens (tertiary/aromatic N) is 5. The fourth-order valence-electron chi connectivity index (χ4n) is 1.51. The van der Waals surface area contributed by atoms with Gasteiger partial charge in [-0.1, -0.05) is 11.6 Å². The van der Waals surface area contributed by atoms with Crippen LogP contribution in [-0.2, 0) is 6.54 Å². The van der Waals surface area contributed by atoms with Gasteiger partial charge >= 0.3 is 0 Å². The van der Waals surface area contributed by atoms with Gasteiger partial charge in [-0.05, 0) is 21.0 Å². The van der Waals surface area contributed by atoms with Gasteiger partial charge in [0.2, 0.25) is 0 Å². The van der Waals surface area contributed by atoms with Gasteiger partial charge in [0.15, 0.2) is 11.5 Å². The number of aryl methyl sites for hydroxylation is 1. The summed E-state index contributed by atoms with van der Waals surface area (Å²) in [7, 11) is 3.97. The molecule has 0 saturated carbocycles. The predicted molar refractivity (Wildman–Crippen MR) is 57.9 cm³/mol. The van der Waals surface area contributed by atoms with E-state index in [0.717, 1.165) is 23.8 Å². The van der Waals surface area contributed by atoms with Crippen LogP contribution >= 0.6 is 11.6 Å². The largest absolute Gasteiger partial charge is 0.302 e. The zero-order valence-corrected chi connectivity index (χ0v) is 9.65. The molecular formula is C9H12ClN5. The Morgan fingerprint density at radius 2 is 2.13 bits per heavy atom. The maximum atomic E-state index is 5.84. The first-order valence-corrected chi connectivity index (χ1v) is 4.97. The van der Waals surface area contributed by atoms with E-state index in [2.05, 4.69) is 15.2 Å². The van der Waals surface area contributed by atoms with Gasteiger partial charge in [0, 0.05) is 6.07 Å². The van der Waals surface area contributed by atoms with Gasteiger partial charge in [-0.25, -0.2) is 4.98 Å². The van der Waals surface area contributed by atoms with E-state index in [9.17, 15) is 0 Å². The lowest BCUT2D eigenvalue weighted by Crippen LogP contribution is -2.14. The Morgan fingerprint density at radius 1 is 1.40 bits per heavy atom. The first kappa shape index (κ1) is 10.3. The Kier molecular flexibility index (Phi) is 2.58. The second-order valence-corrected chi connectivity index (χ2v) is 4.06. The highest BCUT2D eigenvalue weighted by Crippen LogP contribution is 2.12. The molecule has 0 spiro atoms. The van der Waals surface area contributed by atoms with Crippen molar-refractivity contribution in [1.82, 2.24) is 24.5 Å². The molecule has 0 aromatic carbocycles. The molecule has 2 aromatic rings. The van der Waals surface area contributed by atoms with Crippen molar-refractivity contribution in [1.29, 1.82) is 0 Å². The molecule has 0 bridgehead atoms. The van der Waals surface area contributed by atoms with E-state index >= 15 is 0 Å². The van der Waals surface area contributed by atoms with Crippen molar-refractivity contribution >= 4 is 17.2 Å². The van der Waals surface area contributed by atoms with Gasteiger partial charge in [-0.3, -0.25) is 4.40 Å². The van der Waals surface area contributed by atoms with Crippen LogP contribution in [0, 0.1) is 6.92 Å².